The Hall–Kier alpha value is -2.50. The maximum Gasteiger partial charge on any atom is 0.428 e. The lowest BCUT2D eigenvalue weighted by atomic mass is 9.97. The van der Waals surface area contributed by atoms with E-state index in [1.54, 1.807) is 45.0 Å². The Morgan fingerprint density at radius 1 is 1.27 bits per heavy atom. The maximum absolute atomic E-state index is 11.4. The fourth-order valence-electron chi connectivity index (χ4n) is 1.66. The number of hydrazone groups is 1. The Labute approximate surface area is 129 Å². The number of hydrogen-bond donors (Lipinski definition) is 1. The van der Waals surface area contributed by atoms with E-state index in [-0.39, 0.29) is 6.42 Å². The van der Waals surface area contributed by atoms with Crippen LogP contribution in [0.25, 0.3) is 0 Å². The summed E-state index contributed by atoms with van der Waals surface area (Å²) in [5, 5.41) is 3.78. The van der Waals surface area contributed by atoms with Gasteiger partial charge < -0.3 is 14.3 Å². The highest BCUT2D eigenvalue weighted by Crippen LogP contribution is 2.16. The zero-order chi connectivity index (χ0) is 16.6. The minimum atomic E-state index is -0.632. The normalized spacial score (nSPS) is 12.7. The lowest BCUT2D eigenvalue weighted by molar-refractivity contribution is -0.113. The molecule has 0 bridgehead atoms. The van der Waals surface area contributed by atoms with Gasteiger partial charge in [0.15, 0.2) is 0 Å². The van der Waals surface area contributed by atoms with Crippen molar-refractivity contribution in [2.75, 3.05) is 0 Å². The van der Waals surface area contributed by atoms with Gasteiger partial charge in [0, 0.05) is 12.3 Å². The summed E-state index contributed by atoms with van der Waals surface area (Å²) in [5.41, 5.74) is 3.19. The maximum atomic E-state index is 11.4. The number of amides is 1. The fraction of sp³-hybridized carbons (Fsp3) is 0.375. The number of rotatable bonds is 6. The van der Waals surface area contributed by atoms with Gasteiger partial charge in [-0.25, -0.2) is 10.2 Å². The Morgan fingerprint density at radius 2 is 1.91 bits per heavy atom. The molecule has 0 spiro atoms. The number of nitrogens with zero attached hydrogens (tertiary/aromatic N) is 1. The summed E-state index contributed by atoms with van der Waals surface area (Å²) in [5.74, 6) is -0.427. The second-order valence-corrected chi connectivity index (χ2v) is 5.68. The van der Waals surface area contributed by atoms with Gasteiger partial charge in [-0.15, -0.1) is 0 Å². The largest absolute Gasteiger partial charge is 0.443 e. The zero-order valence-corrected chi connectivity index (χ0v) is 12.9. The molecule has 0 aliphatic carbocycles. The highest BCUT2D eigenvalue weighted by molar-refractivity contribution is 5.81. The van der Waals surface area contributed by atoms with Gasteiger partial charge >= 0.3 is 6.09 Å². The van der Waals surface area contributed by atoms with Crippen LogP contribution in [0.5, 0.6) is 0 Å². The third kappa shape index (κ3) is 6.30. The third-order valence-corrected chi connectivity index (χ3v) is 2.65. The van der Waals surface area contributed by atoms with Crippen molar-refractivity contribution >= 4 is 24.9 Å². The zero-order valence-electron chi connectivity index (χ0n) is 12.9. The van der Waals surface area contributed by atoms with Crippen molar-refractivity contribution in [1.82, 2.24) is 5.43 Å². The average molecular weight is 304 g/mol. The topological polar surface area (TPSA) is 84.8 Å². The predicted octanol–water partition coefficient (Wildman–Crippen LogP) is 2.42. The van der Waals surface area contributed by atoms with Gasteiger partial charge in [0.05, 0.1) is 6.21 Å². The van der Waals surface area contributed by atoms with Crippen LogP contribution in [0.4, 0.5) is 4.79 Å². The van der Waals surface area contributed by atoms with E-state index in [1.807, 2.05) is 0 Å². The van der Waals surface area contributed by atoms with Gasteiger partial charge in [0.2, 0.25) is 0 Å². The monoisotopic (exact) mass is 304 g/mol. The second kappa shape index (κ2) is 8.07. The molecule has 1 atom stereocenters. The summed E-state index contributed by atoms with van der Waals surface area (Å²) < 4.78 is 5.03. The van der Waals surface area contributed by atoms with Crippen LogP contribution >= 0.6 is 0 Å². The molecule has 1 amide bonds. The summed E-state index contributed by atoms with van der Waals surface area (Å²) in [4.78, 5) is 32.8. The van der Waals surface area contributed by atoms with Crippen LogP contribution in [-0.4, -0.2) is 30.5 Å². The molecule has 118 valence electrons. The molecule has 0 aliphatic heterocycles. The van der Waals surface area contributed by atoms with E-state index in [2.05, 4.69) is 10.5 Å². The van der Waals surface area contributed by atoms with Crippen molar-refractivity contribution in [3.63, 3.8) is 0 Å². The molecule has 6 heteroatoms. The molecule has 6 nitrogen and oxygen atoms in total. The Kier molecular flexibility index (Phi) is 6.44. The summed E-state index contributed by atoms with van der Waals surface area (Å²) in [7, 11) is 0. The van der Waals surface area contributed by atoms with Gasteiger partial charge in [-0.1, -0.05) is 24.3 Å². The average Bonchev–Trinajstić information content (AvgIpc) is 2.44. The number of carbonyl (C=O) groups excluding carboxylic acids is 3. The van der Waals surface area contributed by atoms with Crippen LogP contribution in [0, 0.1) is 0 Å². The van der Waals surface area contributed by atoms with E-state index >= 15 is 0 Å². The quantitative estimate of drug-likeness (QED) is 0.497. The molecular weight excluding hydrogens is 284 g/mol. The van der Waals surface area contributed by atoms with E-state index in [0.29, 0.717) is 0 Å². The van der Waals surface area contributed by atoms with Crippen molar-refractivity contribution in [2.45, 2.75) is 38.7 Å². The molecule has 0 saturated heterocycles. The first kappa shape index (κ1) is 17.6. The SMILES string of the molecule is CC(C)(C)OC(=O)NN=Cc1ccc(C(C=O)CC=O)cc1. The first-order valence-electron chi connectivity index (χ1n) is 6.86. The molecule has 1 aromatic carbocycles. The summed E-state index contributed by atoms with van der Waals surface area (Å²) >= 11 is 0. The minimum absolute atomic E-state index is 0.164. The lowest BCUT2D eigenvalue weighted by Gasteiger charge is -2.18. The van der Waals surface area contributed by atoms with Gasteiger partial charge in [-0.3, -0.25) is 0 Å². The third-order valence-electron chi connectivity index (χ3n) is 2.65. The standard InChI is InChI=1S/C16H20N2O4/c1-16(2,3)22-15(21)18-17-10-12-4-6-13(7-5-12)14(11-20)8-9-19/h4-7,9-11,14H,8H2,1-3H3,(H,18,21). The van der Waals surface area contributed by atoms with Gasteiger partial charge in [0.1, 0.15) is 18.2 Å². The van der Waals surface area contributed by atoms with Gasteiger partial charge in [0.25, 0.3) is 0 Å². The predicted molar refractivity (Wildman–Crippen MR) is 82.9 cm³/mol. The van der Waals surface area contributed by atoms with Crippen LogP contribution in [0.3, 0.4) is 0 Å². The highest BCUT2D eigenvalue weighted by atomic mass is 16.6. The van der Waals surface area contributed by atoms with Gasteiger partial charge in [-0.2, -0.15) is 5.10 Å². The van der Waals surface area contributed by atoms with Crippen LogP contribution in [0.2, 0.25) is 0 Å². The van der Waals surface area contributed by atoms with E-state index in [1.165, 1.54) is 6.21 Å². The number of benzene rings is 1. The van der Waals surface area contributed by atoms with Crippen molar-refractivity contribution < 1.29 is 19.1 Å². The summed E-state index contributed by atoms with van der Waals surface area (Å²) in [6.45, 7) is 5.29. The Balaban J connectivity index is 2.60. The minimum Gasteiger partial charge on any atom is -0.443 e. The molecule has 1 unspecified atom stereocenters. The molecule has 1 aromatic rings. The molecule has 0 fully saturated rings. The lowest BCUT2D eigenvalue weighted by Crippen LogP contribution is -2.29. The summed E-state index contributed by atoms with van der Waals surface area (Å²) in [6.07, 6.45) is 2.47. The van der Waals surface area contributed by atoms with Crippen LogP contribution < -0.4 is 5.43 Å². The van der Waals surface area contributed by atoms with Crippen LogP contribution in [0.1, 0.15) is 44.2 Å². The van der Waals surface area contributed by atoms with Crippen molar-refractivity contribution in [3.05, 3.63) is 35.4 Å². The second-order valence-electron chi connectivity index (χ2n) is 5.68. The molecule has 1 N–H and O–H groups in total. The van der Waals surface area contributed by atoms with Crippen molar-refractivity contribution in [2.24, 2.45) is 5.10 Å². The van der Waals surface area contributed by atoms with Crippen LogP contribution in [0.15, 0.2) is 29.4 Å². The molecule has 0 aliphatic rings. The van der Waals surface area contributed by atoms with Crippen LogP contribution in [-0.2, 0) is 14.3 Å². The van der Waals surface area contributed by atoms with Crippen molar-refractivity contribution in [1.29, 1.82) is 0 Å². The number of ether oxygens (including phenoxy) is 1. The van der Waals surface area contributed by atoms with E-state index in [9.17, 15) is 14.4 Å². The highest BCUT2D eigenvalue weighted by Gasteiger charge is 2.15. The molecule has 0 radical (unpaired) electrons. The van der Waals surface area contributed by atoms with E-state index in [0.717, 1.165) is 23.7 Å². The van der Waals surface area contributed by atoms with Gasteiger partial charge in [-0.05, 0) is 31.9 Å². The Bertz CT molecular complexity index is 544. The number of aldehydes is 2. The van der Waals surface area contributed by atoms with E-state index < -0.39 is 17.6 Å². The smallest absolute Gasteiger partial charge is 0.428 e. The number of carbonyl (C=O) groups is 3. The number of hydrogen-bond acceptors (Lipinski definition) is 5. The molecular formula is C16H20N2O4. The molecule has 0 saturated carbocycles. The Morgan fingerprint density at radius 3 is 2.41 bits per heavy atom. The molecule has 1 rings (SSSR count). The first-order chi connectivity index (χ1) is 10.4. The molecule has 22 heavy (non-hydrogen) atoms. The van der Waals surface area contributed by atoms with Crippen molar-refractivity contribution in [3.8, 4) is 0 Å². The first-order valence-corrected chi connectivity index (χ1v) is 6.86. The van der Waals surface area contributed by atoms with E-state index in [4.69, 9.17) is 4.74 Å². The fourth-order valence-corrected chi connectivity index (χ4v) is 1.66. The molecule has 0 aromatic heterocycles. The number of nitrogens with one attached hydrogen (secondary N) is 1. The molecule has 0 heterocycles. The summed E-state index contributed by atoms with van der Waals surface area (Å²) in [6, 6.07) is 6.99.